The molecule has 0 spiro atoms. The third kappa shape index (κ3) is 4.61. The predicted molar refractivity (Wildman–Crippen MR) is 72.6 cm³/mol. The van der Waals surface area contributed by atoms with Crippen molar-refractivity contribution < 1.29 is 23.1 Å². The molecule has 110 valence electrons. The third-order valence-corrected chi connectivity index (χ3v) is 3.58. The Hall–Kier alpha value is -1.96. The van der Waals surface area contributed by atoms with Crippen molar-refractivity contribution in [1.29, 1.82) is 0 Å². The molecule has 2 N–H and O–H groups in total. The van der Waals surface area contributed by atoms with E-state index in [1.54, 1.807) is 6.92 Å². The van der Waals surface area contributed by atoms with E-state index < -0.39 is 27.8 Å². The summed E-state index contributed by atoms with van der Waals surface area (Å²) in [4.78, 5) is 26.6. The number of carboxylic acids is 1. The lowest BCUT2D eigenvalue weighted by atomic mass is 10.2. The number of pyridine rings is 1. The number of hydrogen-bond donors (Lipinski definition) is 2. The minimum atomic E-state index is -3.19. The van der Waals surface area contributed by atoms with E-state index in [9.17, 15) is 18.0 Å². The summed E-state index contributed by atoms with van der Waals surface area (Å²) < 4.78 is 22.2. The van der Waals surface area contributed by atoms with Gasteiger partial charge in [-0.1, -0.05) is 0 Å². The molecule has 0 bridgehead atoms. The highest BCUT2D eigenvalue weighted by molar-refractivity contribution is 7.90. The smallest absolute Gasteiger partial charge is 0.337 e. The molecule has 0 radical (unpaired) electrons. The normalized spacial score (nSPS) is 12.8. The van der Waals surface area contributed by atoms with Crippen molar-refractivity contribution in [2.24, 2.45) is 0 Å². The summed E-state index contributed by atoms with van der Waals surface area (Å²) in [6.07, 6.45) is 1.08. The monoisotopic (exact) mass is 300 g/mol. The molecule has 8 heteroatoms. The topological polar surface area (TPSA) is 113 Å². The summed E-state index contributed by atoms with van der Waals surface area (Å²) >= 11 is 0. The second kappa shape index (κ2) is 6.00. The average molecular weight is 300 g/mol. The molecule has 1 aromatic rings. The number of rotatable bonds is 5. The van der Waals surface area contributed by atoms with Gasteiger partial charge in [-0.15, -0.1) is 0 Å². The van der Waals surface area contributed by atoms with Gasteiger partial charge in [0, 0.05) is 12.3 Å². The molecule has 1 amide bonds. The quantitative estimate of drug-likeness (QED) is 0.806. The first-order chi connectivity index (χ1) is 9.10. The maximum atomic E-state index is 11.9. The highest BCUT2D eigenvalue weighted by Crippen LogP contribution is 2.07. The maximum absolute atomic E-state index is 11.9. The van der Waals surface area contributed by atoms with Crippen LogP contribution in [0.25, 0.3) is 0 Å². The average Bonchev–Trinajstić information content (AvgIpc) is 2.25. The van der Waals surface area contributed by atoms with Crippen LogP contribution >= 0.6 is 0 Å². The van der Waals surface area contributed by atoms with Gasteiger partial charge in [-0.05, 0) is 26.0 Å². The highest BCUT2D eigenvalue weighted by atomic mass is 32.2. The van der Waals surface area contributed by atoms with Crippen LogP contribution in [0.1, 0.15) is 33.5 Å². The van der Waals surface area contributed by atoms with Gasteiger partial charge in [-0.2, -0.15) is 0 Å². The molecule has 20 heavy (non-hydrogen) atoms. The number of carbonyl (C=O) groups excluding carboxylic acids is 1. The van der Waals surface area contributed by atoms with E-state index in [1.807, 2.05) is 0 Å². The van der Waals surface area contributed by atoms with Crippen molar-refractivity contribution in [3.8, 4) is 0 Å². The van der Waals surface area contributed by atoms with Crippen LogP contribution in [0.4, 0.5) is 0 Å². The largest absolute Gasteiger partial charge is 0.478 e. The van der Waals surface area contributed by atoms with Crippen LogP contribution in [-0.4, -0.2) is 48.4 Å². The Labute approximate surface area is 116 Å². The fraction of sp³-hybridized carbons (Fsp3) is 0.417. The second-order valence-corrected chi connectivity index (χ2v) is 6.79. The number of nitrogens with zero attached hydrogens (tertiary/aromatic N) is 1. The van der Waals surface area contributed by atoms with Gasteiger partial charge in [0.25, 0.3) is 5.91 Å². The molecule has 1 atom stereocenters. The van der Waals surface area contributed by atoms with E-state index in [2.05, 4.69) is 10.3 Å². The van der Waals surface area contributed by atoms with Crippen molar-refractivity contribution in [1.82, 2.24) is 10.3 Å². The van der Waals surface area contributed by atoms with Crippen LogP contribution in [0.5, 0.6) is 0 Å². The van der Waals surface area contributed by atoms with Crippen molar-refractivity contribution in [2.75, 3.05) is 12.0 Å². The SMILES string of the molecule is Cc1nc(C(=O)NC(C)CS(C)(=O)=O)ccc1C(=O)O. The first-order valence-corrected chi connectivity index (χ1v) is 7.85. The first-order valence-electron chi connectivity index (χ1n) is 5.79. The van der Waals surface area contributed by atoms with Gasteiger partial charge in [-0.3, -0.25) is 4.79 Å². The number of aryl methyl sites for hydroxylation is 1. The molecule has 0 aliphatic heterocycles. The number of aromatic nitrogens is 1. The molecular weight excluding hydrogens is 284 g/mol. The van der Waals surface area contributed by atoms with Crippen LogP contribution in [-0.2, 0) is 9.84 Å². The summed E-state index contributed by atoms with van der Waals surface area (Å²) in [6, 6.07) is 2.03. The molecule has 1 aromatic heterocycles. The van der Waals surface area contributed by atoms with Gasteiger partial charge in [0.15, 0.2) is 0 Å². The fourth-order valence-corrected chi connectivity index (χ4v) is 2.70. The third-order valence-electron chi connectivity index (χ3n) is 2.48. The Morgan fingerprint density at radius 2 is 2.00 bits per heavy atom. The molecule has 0 saturated heterocycles. The minimum Gasteiger partial charge on any atom is -0.478 e. The van der Waals surface area contributed by atoms with Crippen LogP contribution in [0.15, 0.2) is 12.1 Å². The summed E-state index contributed by atoms with van der Waals surface area (Å²) in [5.74, 6) is -1.83. The van der Waals surface area contributed by atoms with Crippen molar-refractivity contribution in [2.45, 2.75) is 19.9 Å². The number of carbonyl (C=O) groups is 2. The summed E-state index contributed by atoms with van der Waals surface area (Å²) in [5, 5.41) is 11.4. The Morgan fingerprint density at radius 3 is 2.45 bits per heavy atom. The van der Waals surface area contributed by atoms with Gasteiger partial charge in [-0.25, -0.2) is 18.2 Å². The molecule has 1 unspecified atom stereocenters. The molecule has 0 aromatic carbocycles. The second-order valence-electron chi connectivity index (χ2n) is 4.60. The number of amides is 1. The zero-order valence-corrected chi connectivity index (χ0v) is 12.2. The van der Waals surface area contributed by atoms with Crippen molar-refractivity contribution >= 4 is 21.7 Å². The van der Waals surface area contributed by atoms with Gasteiger partial charge < -0.3 is 10.4 Å². The number of nitrogens with one attached hydrogen (secondary N) is 1. The summed E-state index contributed by atoms with van der Waals surface area (Å²) in [7, 11) is -3.19. The molecule has 0 fully saturated rings. The number of aromatic carboxylic acids is 1. The molecule has 1 rings (SSSR count). The van der Waals surface area contributed by atoms with Crippen LogP contribution in [0.3, 0.4) is 0 Å². The lowest BCUT2D eigenvalue weighted by Crippen LogP contribution is -2.37. The van der Waals surface area contributed by atoms with Crippen molar-refractivity contribution in [3.63, 3.8) is 0 Å². The highest BCUT2D eigenvalue weighted by Gasteiger charge is 2.17. The number of carboxylic acid groups (broad SMARTS) is 1. The maximum Gasteiger partial charge on any atom is 0.337 e. The molecule has 0 aliphatic carbocycles. The van der Waals surface area contributed by atoms with Gasteiger partial charge in [0.1, 0.15) is 15.5 Å². The zero-order valence-electron chi connectivity index (χ0n) is 11.4. The molecule has 0 aliphatic rings. The summed E-state index contributed by atoms with van der Waals surface area (Å²) in [6.45, 7) is 3.05. The predicted octanol–water partition coefficient (Wildman–Crippen LogP) is 0.251. The lowest BCUT2D eigenvalue weighted by molar-refractivity contribution is 0.0694. The lowest BCUT2D eigenvalue weighted by Gasteiger charge is -2.12. The van der Waals surface area contributed by atoms with E-state index in [-0.39, 0.29) is 22.7 Å². The molecule has 7 nitrogen and oxygen atoms in total. The molecule has 1 heterocycles. The van der Waals surface area contributed by atoms with E-state index in [1.165, 1.54) is 19.1 Å². The Morgan fingerprint density at radius 1 is 1.40 bits per heavy atom. The Balaban J connectivity index is 2.83. The van der Waals surface area contributed by atoms with E-state index >= 15 is 0 Å². The Bertz CT molecular complexity index is 639. The molecule has 0 saturated carbocycles. The van der Waals surface area contributed by atoms with Crippen LogP contribution in [0, 0.1) is 6.92 Å². The standard InChI is InChI=1S/C12H16N2O5S/c1-7(6-20(3,18)19)13-11(15)10-5-4-9(12(16)17)8(2)14-10/h4-5,7H,6H2,1-3H3,(H,13,15)(H,16,17). The Kier molecular flexibility index (Phi) is 4.83. The zero-order chi connectivity index (χ0) is 15.5. The van der Waals surface area contributed by atoms with Gasteiger partial charge in [0.05, 0.1) is 17.0 Å². The van der Waals surface area contributed by atoms with Crippen molar-refractivity contribution in [3.05, 3.63) is 29.1 Å². The molecular formula is C12H16N2O5S. The fourth-order valence-electron chi connectivity index (χ4n) is 1.71. The van der Waals surface area contributed by atoms with E-state index in [4.69, 9.17) is 5.11 Å². The van der Waals surface area contributed by atoms with Gasteiger partial charge >= 0.3 is 5.97 Å². The van der Waals surface area contributed by atoms with Crippen LogP contribution in [0.2, 0.25) is 0 Å². The minimum absolute atomic E-state index is 0.0192. The summed E-state index contributed by atoms with van der Waals surface area (Å²) in [5.41, 5.74) is 0.291. The van der Waals surface area contributed by atoms with E-state index in [0.29, 0.717) is 0 Å². The first kappa shape index (κ1) is 16.1. The number of hydrogen-bond acceptors (Lipinski definition) is 5. The van der Waals surface area contributed by atoms with E-state index in [0.717, 1.165) is 6.26 Å². The van der Waals surface area contributed by atoms with Gasteiger partial charge in [0.2, 0.25) is 0 Å². The van der Waals surface area contributed by atoms with Crippen LogP contribution < -0.4 is 5.32 Å². The number of sulfone groups is 1.